The first-order valence-electron chi connectivity index (χ1n) is 9.41. The van der Waals surface area contributed by atoms with Crippen LogP contribution in [0.2, 0.25) is 0 Å². The van der Waals surface area contributed by atoms with Crippen LogP contribution in [-0.2, 0) is 27.0 Å². The van der Waals surface area contributed by atoms with Crippen molar-refractivity contribution in [2.24, 2.45) is 0 Å². The van der Waals surface area contributed by atoms with Crippen LogP contribution in [0.1, 0.15) is 56.7 Å². The van der Waals surface area contributed by atoms with Crippen molar-refractivity contribution in [1.29, 1.82) is 0 Å². The first-order chi connectivity index (χ1) is 14.9. The molecule has 0 fully saturated rings. The maximum absolute atomic E-state index is 13.0. The van der Waals surface area contributed by atoms with Gasteiger partial charge in [-0.05, 0) is 41.8 Å². The standard InChI is InChI=1S/C19H21BrF3N3O5S/c1-5-8-31-17(28)12-9(2)14(18(29)30-4)32-16(12)24-11(27)6-7-26-10(3)13(20)15(25-26)19(21,22)23/h5-8H2,1-4H3,(H,24,27). The molecule has 2 rings (SSSR count). The Morgan fingerprint density at radius 2 is 1.88 bits per heavy atom. The second kappa shape index (κ2) is 10.5. The Bertz CT molecular complexity index is 1030. The molecular formula is C19H21BrF3N3O5S. The fourth-order valence-corrected chi connectivity index (χ4v) is 4.36. The van der Waals surface area contributed by atoms with E-state index in [1.165, 1.54) is 21.0 Å². The third-order valence-corrected chi connectivity index (χ3v) is 6.50. The molecule has 1 N–H and O–H groups in total. The Hall–Kier alpha value is -2.41. The van der Waals surface area contributed by atoms with E-state index in [1.807, 2.05) is 6.92 Å². The van der Waals surface area contributed by atoms with Crippen molar-refractivity contribution < 1.29 is 37.0 Å². The molecule has 32 heavy (non-hydrogen) atoms. The van der Waals surface area contributed by atoms with Crippen LogP contribution in [0, 0.1) is 13.8 Å². The van der Waals surface area contributed by atoms with Crippen LogP contribution < -0.4 is 5.32 Å². The minimum Gasteiger partial charge on any atom is -0.465 e. The number of ether oxygens (including phenoxy) is 2. The lowest BCUT2D eigenvalue weighted by atomic mass is 10.1. The van der Waals surface area contributed by atoms with Gasteiger partial charge in [-0.25, -0.2) is 9.59 Å². The van der Waals surface area contributed by atoms with E-state index in [0.29, 0.717) is 12.0 Å². The van der Waals surface area contributed by atoms with Gasteiger partial charge in [0.2, 0.25) is 5.91 Å². The molecular weight excluding hydrogens is 519 g/mol. The molecule has 176 valence electrons. The van der Waals surface area contributed by atoms with Crippen LogP contribution in [0.15, 0.2) is 4.47 Å². The summed E-state index contributed by atoms with van der Waals surface area (Å²) in [5, 5.41) is 6.17. The maximum Gasteiger partial charge on any atom is 0.436 e. The van der Waals surface area contributed by atoms with Crippen LogP contribution in [-0.4, -0.2) is 41.3 Å². The van der Waals surface area contributed by atoms with E-state index in [4.69, 9.17) is 9.47 Å². The van der Waals surface area contributed by atoms with Gasteiger partial charge in [0, 0.05) is 6.42 Å². The van der Waals surface area contributed by atoms with Gasteiger partial charge in [-0.15, -0.1) is 11.3 Å². The summed E-state index contributed by atoms with van der Waals surface area (Å²) in [6.45, 7) is 4.82. The van der Waals surface area contributed by atoms with Gasteiger partial charge in [-0.1, -0.05) is 6.92 Å². The average molecular weight is 540 g/mol. The highest BCUT2D eigenvalue weighted by Crippen LogP contribution is 2.36. The molecule has 0 saturated heterocycles. The second-order valence-electron chi connectivity index (χ2n) is 6.65. The summed E-state index contributed by atoms with van der Waals surface area (Å²) < 4.78 is 49.7. The third kappa shape index (κ3) is 5.68. The zero-order valence-corrected chi connectivity index (χ0v) is 20.1. The van der Waals surface area contributed by atoms with Crippen LogP contribution in [0.25, 0.3) is 0 Å². The summed E-state index contributed by atoms with van der Waals surface area (Å²) in [5.41, 5.74) is -0.517. The molecule has 0 spiro atoms. The number of nitrogens with zero attached hydrogens (tertiary/aromatic N) is 2. The van der Waals surface area contributed by atoms with Crippen molar-refractivity contribution in [2.75, 3.05) is 19.0 Å². The van der Waals surface area contributed by atoms with Gasteiger partial charge < -0.3 is 14.8 Å². The van der Waals surface area contributed by atoms with Crippen molar-refractivity contribution in [1.82, 2.24) is 9.78 Å². The number of thiophene rings is 1. The van der Waals surface area contributed by atoms with Crippen LogP contribution in [0.3, 0.4) is 0 Å². The average Bonchev–Trinajstić information content (AvgIpc) is 3.20. The number of anilines is 1. The Kier molecular flexibility index (Phi) is 8.46. The molecule has 0 saturated carbocycles. The first-order valence-corrected chi connectivity index (χ1v) is 11.0. The van der Waals surface area contributed by atoms with Crippen molar-refractivity contribution in [3.8, 4) is 0 Å². The Labute approximate surface area is 194 Å². The van der Waals surface area contributed by atoms with Gasteiger partial charge in [-0.3, -0.25) is 9.48 Å². The lowest BCUT2D eigenvalue weighted by molar-refractivity contribution is -0.142. The Morgan fingerprint density at radius 3 is 2.41 bits per heavy atom. The van der Waals surface area contributed by atoms with Gasteiger partial charge >= 0.3 is 18.1 Å². The summed E-state index contributed by atoms with van der Waals surface area (Å²) in [5.74, 6) is -1.95. The van der Waals surface area contributed by atoms with E-state index in [-0.39, 0.29) is 45.2 Å². The number of methoxy groups -OCH3 is 1. The number of hydrogen-bond acceptors (Lipinski definition) is 7. The number of halogens is 4. The van der Waals surface area contributed by atoms with Crippen molar-refractivity contribution in [2.45, 2.75) is 46.3 Å². The Balaban J connectivity index is 2.22. The Morgan fingerprint density at radius 1 is 1.22 bits per heavy atom. The highest BCUT2D eigenvalue weighted by Gasteiger charge is 2.38. The van der Waals surface area contributed by atoms with E-state index in [1.54, 1.807) is 0 Å². The normalized spacial score (nSPS) is 11.4. The molecule has 0 atom stereocenters. The molecule has 13 heteroatoms. The van der Waals surface area contributed by atoms with Gasteiger partial charge in [0.15, 0.2) is 5.69 Å². The van der Waals surface area contributed by atoms with Gasteiger partial charge in [0.1, 0.15) is 9.88 Å². The number of aromatic nitrogens is 2. The van der Waals surface area contributed by atoms with Gasteiger partial charge in [0.25, 0.3) is 0 Å². The summed E-state index contributed by atoms with van der Waals surface area (Å²) >= 11 is 3.74. The maximum atomic E-state index is 13.0. The number of amides is 1. The first kappa shape index (κ1) is 25.8. The van der Waals surface area contributed by atoms with E-state index >= 15 is 0 Å². The van der Waals surface area contributed by atoms with Crippen LogP contribution >= 0.6 is 27.3 Å². The quantitative estimate of drug-likeness (QED) is 0.487. The molecule has 0 radical (unpaired) electrons. The molecule has 0 aliphatic rings. The van der Waals surface area contributed by atoms with Crippen molar-refractivity contribution in [3.63, 3.8) is 0 Å². The van der Waals surface area contributed by atoms with Gasteiger partial charge in [0.05, 0.1) is 36.0 Å². The largest absolute Gasteiger partial charge is 0.465 e. The third-order valence-electron chi connectivity index (χ3n) is 4.36. The number of carbonyl (C=O) groups is 3. The summed E-state index contributed by atoms with van der Waals surface area (Å²) in [4.78, 5) is 37.1. The topological polar surface area (TPSA) is 99.5 Å². The summed E-state index contributed by atoms with van der Waals surface area (Å²) in [6.07, 6.45) is -4.27. The molecule has 2 heterocycles. The predicted molar refractivity (Wildman–Crippen MR) is 114 cm³/mol. The van der Waals surface area contributed by atoms with Crippen LogP contribution in [0.5, 0.6) is 0 Å². The molecule has 2 aromatic rings. The fourth-order valence-electron chi connectivity index (χ4n) is 2.72. The number of esters is 2. The van der Waals surface area contributed by atoms with Crippen molar-refractivity contribution in [3.05, 3.63) is 31.9 Å². The smallest absolute Gasteiger partial charge is 0.436 e. The second-order valence-corrected chi connectivity index (χ2v) is 8.47. The minimum absolute atomic E-state index is 0.0366. The number of carbonyl (C=O) groups excluding carboxylic acids is 3. The minimum atomic E-state index is -4.64. The molecule has 1 amide bonds. The number of aryl methyl sites for hydroxylation is 1. The molecule has 0 aliphatic heterocycles. The highest BCUT2D eigenvalue weighted by molar-refractivity contribution is 9.10. The van der Waals surface area contributed by atoms with E-state index in [0.717, 1.165) is 16.0 Å². The van der Waals surface area contributed by atoms with Crippen LogP contribution in [0.4, 0.5) is 18.2 Å². The molecule has 8 nitrogen and oxygen atoms in total. The predicted octanol–water partition coefficient (Wildman–Crippen LogP) is 4.72. The highest BCUT2D eigenvalue weighted by atomic mass is 79.9. The van der Waals surface area contributed by atoms with E-state index < -0.39 is 29.7 Å². The lowest BCUT2D eigenvalue weighted by Crippen LogP contribution is -2.17. The molecule has 0 bridgehead atoms. The number of nitrogens with one attached hydrogen (secondary N) is 1. The zero-order valence-electron chi connectivity index (χ0n) is 17.7. The number of rotatable bonds is 8. The number of alkyl halides is 3. The fraction of sp³-hybridized carbons (Fsp3) is 0.474. The number of hydrogen-bond donors (Lipinski definition) is 1. The molecule has 0 unspecified atom stereocenters. The monoisotopic (exact) mass is 539 g/mol. The molecule has 0 aromatic carbocycles. The SMILES string of the molecule is CCCOC(=O)c1c(NC(=O)CCn2nc(C(F)(F)F)c(Br)c2C)sc(C(=O)OC)c1C. The van der Waals surface area contributed by atoms with E-state index in [2.05, 4.69) is 26.3 Å². The molecule has 0 aliphatic carbocycles. The van der Waals surface area contributed by atoms with E-state index in [9.17, 15) is 27.6 Å². The summed E-state index contributed by atoms with van der Waals surface area (Å²) in [6, 6.07) is 0. The van der Waals surface area contributed by atoms with Crippen molar-refractivity contribution >= 4 is 50.1 Å². The van der Waals surface area contributed by atoms with Gasteiger partial charge in [-0.2, -0.15) is 18.3 Å². The zero-order chi connectivity index (χ0) is 24.2. The molecule has 2 aromatic heterocycles. The summed E-state index contributed by atoms with van der Waals surface area (Å²) in [7, 11) is 1.19. The lowest BCUT2D eigenvalue weighted by Gasteiger charge is -2.08.